The molecule has 168 valence electrons. The molecule has 0 aliphatic heterocycles. The number of carbonyl (C=O) groups excluding carboxylic acids is 2. The maximum Gasteiger partial charge on any atom is 0.302 e. The Morgan fingerprint density at radius 1 is 1.27 bits per heavy atom. The molecule has 0 amide bonds. The minimum absolute atomic E-state index is 0.00465. The van der Waals surface area contributed by atoms with Crippen molar-refractivity contribution in [3.8, 4) is 0 Å². The highest BCUT2D eigenvalue weighted by Gasteiger charge is 2.59. The first-order valence-electron chi connectivity index (χ1n) is 12.4. The van der Waals surface area contributed by atoms with Gasteiger partial charge in [0.25, 0.3) is 0 Å². The fourth-order valence-electron chi connectivity index (χ4n) is 7.81. The second kappa shape index (κ2) is 8.76. The van der Waals surface area contributed by atoms with Gasteiger partial charge in [0.05, 0.1) is 6.10 Å². The summed E-state index contributed by atoms with van der Waals surface area (Å²) in [7, 11) is 0. The first kappa shape index (κ1) is 22.0. The van der Waals surface area contributed by atoms with Gasteiger partial charge in [-0.2, -0.15) is 0 Å². The number of ketones is 1. The Kier molecular flexibility index (Phi) is 6.44. The number of aliphatic hydroxyl groups excluding tert-OH is 1. The van der Waals surface area contributed by atoms with E-state index in [0.29, 0.717) is 30.1 Å². The Morgan fingerprint density at radius 2 is 2.07 bits per heavy atom. The van der Waals surface area contributed by atoms with Gasteiger partial charge in [-0.3, -0.25) is 9.59 Å². The SMILES string of the molecule is CCCCCC(OC(C)=O)[C@@H]1CC2=CC(=O)CC[C@@H]2[C@H]2CC[C@]3(C)[C@@H](O)CC[C@H]3[C@@H]21. The number of carbonyl (C=O) groups is 2. The second-order valence-electron chi connectivity index (χ2n) is 10.8. The van der Waals surface area contributed by atoms with Gasteiger partial charge in [0.15, 0.2) is 5.78 Å². The first-order chi connectivity index (χ1) is 14.3. The summed E-state index contributed by atoms with van der Waals surface area (Å²) < 4.78 is 5.99. The summed E-state index contributed by atoms with van der Waals surface area (Å²) in [5.74, 6) is 2.43. The van der Waals surface area contributed by atoms with E-state index in [-0.39, 0.29) is 35.3 Å². The predicted molar refractivity (Wildman–Crippen MR) is 117 cm³/mol. The fourth-order valence-corrected chi connectivity index (χ4v) is 7.81. The molecule has 0 saturated heterocycles. The molecule has 3 saturated carbocycles. The minimum atomic E-state index is -0.207. The first-order valence-corrected chi connectivity index (χ1v) is 12.4. The summed E-state index contributed by atoms with van der Waals surface area (Å²) in [5, 5.41) is 10.8. The van der Waals surface area contributed by atoms with Crippen molar-refractivity contribution in [1.82, 2.24) is 0 Å². The Bertz CT molecular complexity index is 697. The third-order valence-electron chi connectivity index (χ3n) is 9.23. The maximum atomic E-state index is 12.2. The molecule has 0 aromatic rings. The van der Waals surface area contributed by atoms with Crippen LogP contribution in [0.4, 0.5) is 0 Å². The van der Waals surface area contributed by atoms with E-state index in [0.717, 1.165) is 64.2 Å². The van der Waals surface area contributed by atoms with Crippen LogP contribution in [0.1, 0.15) is 91.4 Å². The molecule has 4 heteroatoms. The van der Waals surface area contributed by atoms with Crippen molar-refractivity contribution in [2.75, 3.05) is 0 Å². The molecule has 0 aromatic carbocycles. The van der Waals surface area contributed by atoms with Crippen molar-refractivity contribution in [2.45, 2.75) is 104 Å². The van der Waals surface area contributed by atoms with Gasteiger partial charge in [-0.1, -0.05) is 32.3 Å². The summed E-state index contributed by atoms with van der Waals surface area (Å²) in [6.45, 7) is 6.03. The molecule has 1 N–H and O–H groups in total. The van der Waals surface area contributed by atoms with Crippen LogP contribution in [-0.4, -0.2) is 29.1 Å². The predicted octanol–water partition coefficient (Wildman–Crippen LogP) is 5.23. The van der Waals surface area contributed by atoms with Gasteiger partial charge in [0.2, 0.25) is 0 Å². The number of unbranched alkanes of at least 4 members (excludes halogenated alkanes) is 2. The summed E-state index contributed by atoms with van der Waals surface area (Å²) in [6.07, 6.45) is 12.7. The van der Waals surface area contributed by atoms with Crippen molar-refractivity contribution in [3.63, 3.8) is 0 Å². The highest BCUT2D eigenvalue weighted by atomic mass is 16.5. The van der Waals surface area contributed by atoms with Gasteiger partial charge in [0.1, 0.15) is 6.10 Å². The molecule has 0 bridgehead atoms. The molecule has 8 atom stereocenters. The third-order valence-corrected chi connectivity index (χ3v) is 9.23. The number of allylic oxidation sites excluding steroid dienone is 1. The maximum absolute atomic E-state index is 12.2. The minimum Gasteiger partial charge on any atom is -0.462 e. The summed E-state index contributed by atoms with van der Waals surface area (Å²) in [4.78, 5) is 24.3. The van der Waals surface area contributed by atoms with Crippen molar-refractivity contribution in [3.05, 3.63) is 11.6 Å². The second-order valence-corrected chi connectivity index (χ2v) is 10.8. The van der Waals surface area contributed by atoms with E-state index in [9.17, 15) is 14.7 Å². The molecule has 30 heavy (non-hydrogen) atoms. The van der Waals surface area contributed by atoms with E-state index in [1.165, 1.54) is 12.5 Å². The summed E-state index contributed by atoms with van der Waals surface area (Å²) >= 11 is 0. The Hall–Kier alpha value is -1.16. The van der Waals surface area contributed by atoms with Gasteiger partial charge in [-0.15, -0.1) is 0 Å². The Morgan fingerprint density at radius 3 is 2.80 bits per heavy atom. The van der Waals surface area contributed by atoms with Crippen LogP contribution in [0.3, 0.4) is 0 Å². The Labute approximate surface area is 181 Å². The molecular formula is C26H40O4. The topological polar surface area (TPSA) is 63.6 Å². The largest absolute Gasteiger partial charge is 0.462 e. The zero-order valence-electron chi connectivity index (χ0n) is 19.1. The number of aliphatic hydroxyl groups is 1. The number of hydrogen-bond acceptors (Lipinski definition) is 4. The average molecular weight is 417 g/mol. The normalized spacial score (nSPS) is 41.3. The van der Waals surface area contributed by atoms with Gasteiger partial charge in [0, 0.05) is 19.3 Å². The van der Waals surface area contributed by atoms with Gasteiger partial charge >= 0.3 is 5.97 Å². The quantitative estimate of drug-likeness (QED) is 0.476. The smallest absolute Gasteiger partial charge is 0.302 e. The van der Waals surface area contributed by atoms with Crippen molar-refractivity contribution in [1.29, 1.82) is 0 Å². The van der Waals surface area contributed by atoms with Crippen molar-refractivity contribution >= 4 is 11.8 Å². The van der Waals surface area contributed by atoms with E-state index in [1.807, 2.05) is 6.08 Å². The van der Waals surface area contributed by atoms with E-state index in [2.05, 4.69) is 13.8 Å². The number of rotatable bonds is 6. The summed E-state index contributed by atoms with van der Waals surface area (Å²) in [5.41, 5.74) is 1.32. The molecule has 4 aliphatic rings. The Balaban J connectivity index is 1.69. The van der Waals surface area contributed by atoms with E-state index in [1.54, 1.807) is 0 Å². The lowest BCUT2D eigenvalue weighted by molar-refractivity contribution is -0.158. The highest BCUT2D eigenvalue weighted by Crippen LogP contribution is 2.64. The monoisotopic (exact) mass is 416 g/mol. The van der Waals surface area contributed by atoms with Gasteiger partial charge in [-0.05, 0) is 86.5 Å². The molecule has 4 rings (SSSR count). The van der Waals surface area contributed by atoms with Crippen LogP contribution in [0, 0.1) is 35.0 Å². The lowest BCUT2D eigenvalue weighted by Crippen LogP contribution is -2.53. The van der Waals surface area contributed by atoms with Crippen LogP contribution >= 0.6 is 0 Å². The zero-order valence-corrected chi connectivity index (χ0v) is 19.1. The molecule has 4 nitrogen and oxygen atoms in total. The van der Waals surface area contributed by atoms with Crippen LogP contribution in [-0.2, 0) is 14.3 Å². The zero-order chi connectivity index (χ0) is 21.5. The molecule has 0 radical (unpaired) electrons. The standard InChI is InChI=1S/C26H40O4/c1-4-5-6-7-23(30-16(2)27)21-15-17-14-18(28)8-9-19(17)20-12-13-26(3)22(25(20)21)10-11-24(26)29/h14,19-25,29H,4-13,15H2,1-3H3/t19-,20+,21-,22-,23?,24-,25-,26-/m0/s1. The lowest BCUT2D eigenvalue weighted by atomic mass is 9.48. The van der Waals surface area contributed by atoms with Gasteiger partial charge < -0.3 is 9.84 Å². The molecule has 4 aliphatic carbocycles. The van der Waals surface area contributed by atoms with Crippen LogP contribution in [0.15, 0.2) is 11.6 Å². The van der Waals surface area contributed by atoms with Crippen LogP contribution in [0.2, 0.25) is 0 Å². The number of ether oxygens (including phenoxy) is 1. The van der Waals surface area contributed by atoms with Crippen LogP contribution < -0.4 is 0 Å². The number of fused-ring (bicyclic) bond motifs is 5. The molecule has 3 fully saturated rings. The molecule has 0 aromatic heterocycles. The van der Waals surface area contributed by atoms with E-state index < -0.39 is 0 Å². The average Bonchev–Trinajstić information content (AvgIpc) is 3.01. The van der Waals surface area contributed by atoms with Crippen LogP contribution in [0.25, 0.3) is 0 Å². The van der Waals surface area contributed by atoms with Crippen molar-refractivity contribution < 1.29 is 19.4 Å². The highest BCUT2D eigenvalue weighted by molar-refractivity contribution is 5.91. The van der Waals surface area contributed by atoms with Crippen LogP contribution in [0.5, 0.6) is 0 Å². The fraction of sp³-hybridized carbons (Fsp3) is 0.846. The number of esters is 1. The lowest BCUT2D eigenvalue weighted by Gasteiger charge is -2.57. The molecule has 0 heterocycles. The van der Waals surface area contributed by atoms with E-state index >= 15 is 0 Å². The molecule has 0 spiro atoms. The third kappa shape index (κ3) is 3.89. The van der Waals surface area contributed by atoms with E-state index in [4.69, 9.17) is 4.74 Å². The van der Waals surface area contributed by atoms with Gasteiger partial charge in [-0.25, -0.2) is 0 Å². The number of hydrogen-bond donors (Lipinski definition) is 1. The molecule has 1 unspecified atom stereocenters. The molecular weight excluding hydrogens is 376 g/mol. The summed E-state index contributed by atoms with van der Waals surface area (Å²) in [6, 6.07) is 0. The van der Waals surface area contributed by atoms with Crippen molar-refractivity contribution in [2.24, 2.45) is 35.0 Å².